The van der Waals surface area contributed by atoms with E-state index in [2.05, 4.69) is 26.1 Å². The minimum atomic E-state index is -0.413. The Bertz CT molecular complexity index is 620. The summed E-state index contributed by atoms with van der Waals surface area (Å²) >= 11 is 0. The Morgan fingerprint density at radius 2 is 2.04 bits per heavy atom. The molecule has 0 aromatic rings. The Morgan fingerprint density at radius 3 is 2.62 bits per heavy atom. The number of hydrogen-bond acceptors (Lipinski definition) is 4. The van der Waals surface area contributed by atoms with Crippen LogP contribution in [-0.2, 0) is 19.1 Å². The van der Waals surface area contributed by atoms with Crippen LogP contribution in [-0.4, -0.2) is 31.1 Å². The molecule has 1 rings (SSSR count). The van der Waals surface area contributed by atoms with Gasteiger partial charge in [0.25, 0.3) is 0 Å². The van der Waals surface area contributed by atoms with Crippen molar-refractivity contribution in [1.82, 2.24) is 5.32 Å². The van der Waals surface area contributed by atoms with Gasteiger partial charge in [-0.1, -0.05) is 50.6 Å². The first-order valence-electron chi connectivity index (χ1n) is 8.90. The first-order chi connectivity index (χ1) is 12.1. The van der Waals surface area contributed by atoms with Gasteiger partial charge in [-0.15, -0.1) is 0 Å². The minimum absolute atomic E-state index is 0.0282. The molecule has 5 heteroatoms. The maximum absolute atomic E-state index is 11.8. The van der Waals surface area contributed by atoms with Crippen LogP contribution in [0.25, 0.3) is 0 Å². The van der Waals surface area contributed by atoms with E-state index < -0.39 is 5.97 Å². The Balaban J connectivity index is 2.43. The number of nitrogens with one attached hydrogen (secondary N) is 1. The molecule has 1 aliphatic heterocycles. The third-order valence-electron chi connectivity index (χ3n) is 4.34. The lowest BCUT2D eigenvalue weighted by molar-refractivity contribution is -0.149. The van der Waals surface area contributed by atoms with Crippen molar-refractivity contribution in [2.24, 2.45) is 5.41 Å². The average molecular weight is 361 g/mol. The Morgan fingerprint density at radius 1 is 1.38 bits per heavy atom. The molecule has 0 bridgehead atoms. The van der Waals surface area contributed by atoms with E-state index in [0.29, 0.717) is 12.8 Å². The second-order valence-electron chi connectivity index (χ2n) is 7.53. The highest BCUT2D eigenvalue weighted by molar-refractivity contribution is 5.88. The molecule has 1 aliphatic rings. The number of carbonyl (C=O) groups is 2. The van der Waals surface area contributed by atoms with Crippen molar-refractivity contribution in [1.29, 1.82) is 0 Å². The molecule has 0 saturated heterocycles. The van der Waals surface area contributed by atoms with Crippen LogP contribution in [0.15, 0.2) is 47.8 Å². The molecule has 0 aliphatic carbocycles. The first kappa shape index (κ1) is 21.7. The summed E-state index contributed by atoms with van der Waals surface area (Å²) in [6.07, 6.45) is 11.9. The molecule has 0 aromatic heterocycles. The summed E-state index contributed by atoms with van der Waals surface area (Å²) in [5.41, 5.74) is 1.07. The first-order valence-corrected chi connectivity index (χ1v) is 8.90. The Kier molecular flexibility index (Phi) is 8.36. The number of esters is 1. The van der Waals surface area contributed by atoms with Gasteiger partial charge in [-0.3, -0.25) is 4.79 Å². The van der Waals surface area contributed by atoms with Crippen LogP contribution < -0.4 is 5.32 Å². The molecular formula is C21H31NO4. The van der Waals surface area contributed by atoms with Gasteiger partial charge in [0.1, 0.15) is 6.10 Å². The highest BCUT2D eigenvalue weighted by Crippen LogP contribution is 2.19. The lowest BCUT2D eigenvalue weighted by atomic mass is 9.88. The van der Waals surface area contributed by atoms with Gasteiger partial charge in [0.2, 0.25) is 5.91 Å². The largest absolute Gasteiger partial charge is 0.490 e. The molecule has 0 saturated carbocycles. The molecule has 2 atom stereocenters. The van der Waals surface area contributed by atoms with Crippen molar-refractivity contribution in [2.75, 3.05) is 7.11 Å². The number of cyclic esters (lactones) is 1. The predicted octanol–water partition coefficient (Wildman–Crippen LogP) is 3.83. The van der Waals surface area contributed by atoms with E-state index in [1.807, 2.05) is 32.1 Å². The molecule has 1 amide bonds. The number of carbonyl (C=O) groups excluding carboxylic acids is 2. The Labute approximate surface area is 156 Å². The lowest BCUT2D eigenvalue weighted by Gasteiger charge is -2.27. The van der Waals surface area contributed by atoms with Gasteiger partial charge in [-0.2, -0.15) is 0 Å². The molecule has 144 valence electrons. The zero-order chi connectivity index (χ0) is 19.7. The van der Waals surface area contributed by atoms with Crippen LogP contribution in [0.5, 0.6) is 0 Å². The van der Waals surface area contributed by atoms with Gasteiger partial charge in [-0.05, 0) is 25.3 Å². The molecule has 0 spiro atoms. The van der Waals surface area contributed by atoms with Gasteiger partial charge in [0.05, 0.1) is 7.11 Å². The molecule has 26 heavy (non-hydrogen) atoms. The maximum Gasteiger partial charge on any atom is 0.373 e. The van der Waals surface area contributed by atoms with Crippen molar-refractivity contribution in [3.63, 3.8) is 0 Å². The van der Waals surface area contributed by atoms with Crippen LogP contribution in [0.1, 0.15) is 47.5 Å². The van der Waals surface area contributed by atoms with Gasteiger partial charge >= 0.3 is 5.97 Å². The summed E-state index contributed by atoms with van der Waals surface area (Å²) in [5.74, 6) is -0.247. The van der Waals surface area contributed by atoms with Gasteiger partial charge in [0.15, 0.2) is 5.76 Å². The standard InChI is InChI=1S/C21H31NO4/c1-15(11-12-17-13-14-18(25-6)20(24)26-17)9-7-8-10-19(23)22-16(2)21(3,4)5/h7-11,14,16-17H,12-13H2,1-6H3,(H,22,23)/b9-7-,10-8-,15-11+. The number of hydrogen-bond donors (Lipinski definition) is 1. The van der Waals surface area contributed by atoms with Gasteiger partial charge in [-0.25, -0.2) is 4.79 Å². The van der Waals surface area contributed by atoms with Gasteiger partial charge in [0, 0.05) is 25.0 Å². The highest BCUT2D eigenvalue weighted by atomic mass is 16.6. The van der Waals surface area contributed by atoms with Crippen molar-refractivity contribution in [2.45, 2.75) is 59.6 Å². The zero-order valence-corrected chi connectivity index (χ0v) is 16.7. The van der Waals surface area contributed by atoms with Crippen LogP contribution >= 0.6 is 0 Å². The molecule has 0 aromatic carbocycles. The minimum Gasteiger partial charge on any atom is -0.490 e. The van der Waals surface area contributed by atoms with Crippen LogP contribution in [0.3, 0.4) is 0 Å². The third-order valence-corrected chi connectivity index (χ3v) is 4.34. The number of amides is 1. The molecule has 5 nitrogen and oxygen atoms in total. The molecule has 1 heterocycles. The van der Waals surface area contributed by atoms with Crippen molar-refractivity contribution in [3.8, 4) is 0 Å². The number of methoxy groups -OCH3 is 1. The summed E-state index contributed by atoms with van der Waals surface area (Å²) in [6, 6.07) is 0.0936. The van der Waals surface area contributed by atoms with Crippen molar-refractivity contribution in [3.05, 3.63) is 47.8 Å². The molecule has 0 radical (unpaired) electrons. The van der Waals surface area contributed by atoms with E-state index >= 15 is 0 Å². The summed E-state index contributed by atoms with van der Waals surface area (Å²) in [4.78, 5) is 23.4. The lowest BCUT2D eigenvalue weighted by Crippen LogP contribution is -2.40. The molecule has 2 unspecified atom stereocenters. The quantitative estimate of drug-likeness (QED) is 0.425. The second-order valence-corrected chi connectivity index (χ2v) is 7.53. The monoisotopic (exact) mass is 361 g/mol. The van der Waals surface area contributed by atoms with Crippen molar-refractivity contribution >= 4 is 11.9 Å². The fraction of sp³-hybridized carbons (Fsp3) is 0.524. The van der Waals surface area contributed by atoms with E-state index in [-0.39, 0.29) is 29.2 Å². The summed E-state index contributed by atoms with van der Waals surface area (Å²) in [6.45, 7) is 10.2. The number of ether oxygens (including phenoxy) is 2. The summed E-state index contributed by atoms with van der Waals surface area (Å²) in [5, 5.41) is 2.95. The predicted molar refractivity (Wildman–Crippen MR) is 103 cm³/mol. The zero-order valence-electron chi connectivity index (χ0n) is 16.7. The van der Waals surface area contributed by atoms with Crippen LogP contribution in [0.4, 0.5) is 0 Å². The SMILES string of the molecule is COC1=CCC(C/C=C(C)/C=C\C=C/C(=O)NC(C)C(C)(C)C)OC1=O. The fourth-order valence-corrected chi connectivity index (χ4v) is 2.10. The van der Waals surface area contributed by atoms with E-state index in [0.717, 1.165) is 5.57 Å². The normalized spacial score (nSPS) is 20.1. The van der Waals surface area contributed by atoms with E-state index in [4.69, 9.17) is 9.47 Å². The van der Waals surface area contributed by atoms with Gasteiger partial charge < -0.3 is 14.8 Å². The molecular weight excluding hydrogens is 330 g/mol. The topological polar surface area (TPSA) is 64.6 Å². The van der Waals surface area contributed by atoms with E-state index in [1.54, 1.807) is 12.2 Å². The summed E-state index contributed by atoms with van der Waals surface area (Å²) in [7, 11) is 1.46. The van der Waals surface area contributed by atoms with Crippen molar-refractivity contribution < 1.29 is 19.1 Å². The second kappa shape index (κ2) is 10.00. The smallest absolute Gasteiger partial charge is 0.373 e. The molecule has 0 fully saturated rings. The summed E-state index contributed by atoms with van der Waals surface area (Å²) < 4.78 is 10.2. The number of rotatable bonds is 7. The number of allylic oxidation sites excluding steroid dienone is 4. The maximum atomic E-state index is 11.8. The third kappa shape index (κ3) is 7.72. The van der Waals surface area contributed by atoms with Crippen LogP contribution in [0, 0.1) is 5.41 Å². The van der Waals surface area contributed by atoms with Crippen LogP contribution in [0.2, 0.25) is 0 Å². The van der Waals surface area contributed by atoms with E-state index in [1.165, 1.54) is 13.2 Å². The average Bonchev–Trinajstić information content (AvgIpc) is 2.56. The Hall–Kier alpha value is -2.30. The fourth-order valence-electron chi connectivity index (χ4n) is 2.10. The highest BCUT2D eigenvalue weighted by Gasteiger charge is 2.22. The molecule has 1 N–H and O–H groups in total. The van der Waals surface area contributed by atoms with E-state index in [9.17, 15) is 9.59 Å².